The van der Waals surface area contributed by atoms with Crippen LogP contribution in [0.1, 0.15) is 46.0 Å². The number of hydrogen-bond acceptors (Lipinski definition) is 2. The lowest BCUT2D eigenvalue weighted by Gasteiger charge is -2.18. The second-order valence-electron chi connectivity index (χ2n) is 3.97. The third kappa shape index (κ3) is 6.10. The molecule has 0 bridgehead atoms. The van der Waals surface area contributed by atoms with E-state index in [0.717, 1.165) is 6.42 Å². The van der Waals surface area contributed by atoms with Gasteiger partial charge in [0, 0.05) is 6.42 Å². The minimum atomic E-state index is -0.814. The van der Waals surface area contributed by atoms with Gasteiger partial charge in [0.1, 0.15) is 0 Å². The molecule has 0 saturated carbocycles. The summed E-state index contributed by atoms with van der Waals surface area (Å²) in [5, 5.41) is 17.4. The Hall–Kier alpha value is -1.06. The molecule has 4 nitrogen and oxygen atoms in total. The van der Waals surface area contributed by atoms with Crippen molar-refractivity contribution in [3.8, 4) is 0 Å². The summed E-state index contributed by atoms with van der Waals surface area (Å²) in [7, 11) is 0. The Morgan fingerprint density at radius 1 is 1.20 bits per heavy atom. The highest BCUT2D eigenvalue weighted by Gasteiger charge is 2.22. The van der Waals surface area contributed by atoms with Crippen molar-refractivity contribution in [2.75, 3.05) is 0 Å². The van der Waals surface area contributed by atoms with Gasteiger partial charge in [-0.15, -0.1) is 0 Å². The summed E-state index contributed by atoms with van der Waals surface area (Å²) in [6.45, 7) is 3.90. The lowest BCUT2D eigenvalue weighted by atomic mass is 9.87. The summed E-state index contributed by atoms with van der Waals surface area (Å²) < 4.78 is 0. The van der Waals surface area contributed by atoms with Crippen molar-refractivity contribution in [1.29, 1.82) is 0 Å². The van der Waals surface area contributed by atoms with E-state index in [1.165, 1.54) is 0 Å². The zero-order valence-corrected chi connectivity index (χ0v) is 9.40. The van der Waals surface area contributed by atoms with Crippen molar-refractivity contribution in [1.82, 2.24) is 0 Å². The predicted octanol–water partition coefficient (Wildman–Crippen LogP) is 2.38. The van der Waals surface area contributed by atoms with E-state index in [0.29, 0.717) is 19.3 Å². The average Bonchev–Trinajstić information content (AvgIpc) is 2.15. The molecular formula is C11H20O4. The molecule has 15 heavy (non-hydrogen) atoms. The van der Waals surface area contributed by atoms with Crippen LogP contribution in [0, 0.1) is 11.8 Å². The van der Waals surface area contributed by atoms with Crippen LogP contribution in [0.3, 0.4) is 0 Å². The van der Waals surface area contributed by atoms with Gasteiger partial charge in [-0.2, -0.15) is 0 Å². The van der Waals surface area contributed by atoms with Crippen molar-refractivity contribution < 1.29 is 19.8 Å². The predicted molar refractivity (Wildman–Crippen MR) is 56.7 cm³/mol. The van der Waals surface area contributed by atoms with Crippen LogP contribution >= 0.6 is 0 Å². The van der Waals surface area contributed by atoms with Gasteiger partial charge in [0.25, 0.3) is 0 Å². The third-order valence-electron chi connectivity index (χ3n) is 2.80. The molecule has 88 valence electrons. The molecule has 2 N–H and O–H groups in total. The Labute approximate surface area is 90.3 Å². The van der Waals surface area contributed by atoms with Gasteiger partial charge in [0.15, 0.2) is 0 Å². The molecule has 0 aliphatic carbocycles. The van der Waals surface area contributed by atoms with Crippen LogP contribution < -0.4 is 0 Å². The molecule has 0 aliphatic heterocycles. The number of aliphatic carboxylic acids is 2. The summed E-state index contributed by atoms with van der Waals surface area (Å²) in [6, 6.07) is 0. The summed E-state index contributed by atoms with van der Waals surface area (Å²) >= 11 is 0. The van der Waals surface area contributed by atoms with Crippen molar-refractivity contribution in [2.24, 2.45) is 11.8 Å². The topological polar surface area (TPSA) is 74.6 Å². The lowest BCUT2D eigenvalue weighted by Crippen LogP contribution is -2.21. The van der Waals surface area contributed by atoms with Gasteiger partial charge in [0.2, 0.25) is 0 Å². The zero-order valence-electron chi connectivity index (χ0n) is 9.40. The van der Waals surface area contributed by atoms with Crippen LogP contribution in [0.2, 0.25) is 0 Å². The quantitative estimate of drug-likeness (QED) is 0.611. The fourth-order valence-corrected chi connectivity index (χ4v) is 1.58. The highest BCUT2D eigenvalue weighted by Crippen LogP contribution is 2.21. The Bertz CT molecular complexity index is 213. The first-order chi connectivity index (χ1) is 6.99. The molecule has 0 spiro atoms. The van der Waals surface area contributed by atoms with Crippen LogP contribution in [-0.2, 0) is 9.59 Å². The first kappa shape index (κ1) is 13.9. The molecule has 2 unspecified atom stereocenters. The van der Waals surface area contributed by atoms with Crippen LogP contribution in [0.15, 0.2) is 0 Å². The maximum atomic E-state index is 10.9. The molecule has 0 radical (unpaired) electrons. The zero-order chi connectivity index (χ0) is 11.8. The number of carbonyl (C=O) groups is 2. The monoisotopic (exact) mass is 216 g/mol. The molecule has 0 amide bonds. The molecular weight excluding hydrogens is 196 g/mol. The van der Waals surface area contributed by atoms with Gasteiger partial charge in [-0.05, 0) is 18.8 Å². The summed E-state index contributed by atoms with van der Waals surface area (Å²) in [5.41, 5.74) is 0. The molecule has 0 aromatic heterocycles. The van der Waals surface area contributed by atoms with Gasteiger partial charge < -0.3 is 10.2 Å². The molecule has 0 rings (SSSR count). The van der Waals surface area contributed by atoms with Crippen LogP contribution in [-0.4, -0.2) is 22.2 Å². The van der Waals surface area contributed by atoms with E-state index in [-0.39, 0.29) is 18.3 Å². The second kappa shape index (κ2) is 7.26. The Kier molecular flexibility index (Phi) is 6.75. The Morgan fingerprint density at radius 2 is 1.80 bits per heavy atom. The van der Waals surface area contributed by atoms with Crippen molar-refractivity contribution in [2.45, 2.75) is 46.0 Å². The van der Waals surface area contributed by atoms with Crippen LogP contribution in [0.25, 0.3) is 0 Å². The first-order valence-electron chi connectivity index (χ1n) is 5.43. The highest BCUT2D eigenvalue weighted by atomic mass is 16.4. The van der Waals surface area contributed by atoms with Crippen molar-refractivity contribution >= 4 is 11.9 Å². The van der Waals surface area contributed by atoms with Crippen LogP contribution in [0.5, 0.6) is 0 Å². The number of unbranched alkanes of at least 4 members (excludes halogenated alkanes) is 1. The molecule has 0 heterocycles. The minimum absolute atomic E-state index is 0.132. The first-order valence-corrected chi connectivity index (χ1v) is 5.43. The summed E-state index contributed by atoms with van der Waals surface area (Å²) in [6.07, 6.45) is 2.80. The molecule has 0 aromatic rings. The van der Waals surface area contributed by atoms with Gasteiger partial charge in [-0.1, -0.05) is 26.7 Å². The van der Waals surface area contributed by atoms with Crippen molar-refractivity contribution in [3.05, 3.63) is 0 Å². The van der Waals surface area contributed by atoms with Crippen molar-refractivity contribution in [3.63, 3.8) is 0 Å². The Morgan fingerprint density at radius 3 is 2.20 bits per heavy atom. The largest absolute Gasteiger partial charge is 0.481 e. The van der Waals surface area contributed by atoms with E-state index >= 15 is 0 Å². The fourth-order valence-electron chi connectivity index (χ4n) is 1.58. The van der Waals surface area contributed by atoms with E-state index in [4.69, 9.17) is 10.2 Å². The summed E-state index contributed by atoms with van der Waals surface area (Å²) in [4.78, 5) is 21.2. The highest BCUT2D eigenvalue weighted by molar-refractivity contribution is 5.70. The number of hydrogen-bond donors (Lipinski definition) is 2. The lowest BCUT2D eigenvalue weighted by molar-refractivity contribution is -0.143. The SMILES string of the molecule is CCC(C)C(CCCCC(=O)O)C(=O)O. The third-order valence-corrected chi connectivity index (χ3v) is 2.80. The molecule has 0 aromatic carbocycles. The number of carboxylic acid groups (broad SMARTS) is 2. The fraction of sp³-hybridized carbons (Fsp3) is 0.818. The smallest absolute Gasteiger partial charge is 0.306 e. The van der Waals surface area contributed by atoms with E-state index in [1.54, 1.807) is 0 Å². The maximum Gasteiger partial charge on any atom is 0.306 e. The van der Waals surface area contributed by atoms with Gasteiger partial charge >= 0.3 is 11.9 Å². The van der Waals surface area contributed by atoms with E-state index in [1.807, 2.05) is 13.8 Å². The summed E-state index contributed by atoms with van der Waals surface area (Å²) in [5.74, 6) is -1.75. The van der Waals surface area contributed by atoms with Gasteiger partial charge in [-0.3, -0.25) is 9.59 Å². The number of rotatable bonds is 8. The van der Waals surface area contributed by atoms with E-state index in [9.17, 15) is 9.59 Å². The normalized spacial score (nSPS) is 14.5. The maximum absolute atomic E-state index is 10.9. The number of carboxylic acids is 2. The van der Waals surface area contributed by atoms with E-state index in [2.05, 4.69) is 0 Å². The molecule has 4 heteroatoms. The molecule has 0 aliphatic rings. The van der Waals surface area contributed by atoms with E-state index < -0.39 is 11.9 Å². The molecule has 0 saturated heterocycles. The molecule has 0 fully saturated rings. The Balaban J connectivity index is 3.87. The standard InChI is InChI=1S/C11H20O4/c1-3-8(2)9(11(14)15)6-4-5-7-10(12)13/h8-9H,3-7H2,1-2H3,(H,12,13)(H,14,15). The average molecular weight is 216 g/mol. The van der Waals surface area contributed by atoms with Crippen LogP contribution in [0.4, 0.5) is 0 Å². The molecule has 2 atom stereocenters. The van der Waals surface area contributed by atoms with Gasteiger partial charge in [-0.25, -0.2) is 0 Å². The second-order valence-corrected chi connectivity index (χ2v) is 3.97. The minimum Gasteiger partial charge on any atom is -0.481 e. The van der Waals surface area contributed by atoms with Gasteiger partial charge in [0.05, 0.1) is 5.92 Å².